The van der Waals surface area contributed by atoms with Gasteiger partial charge in [0, 0.05) is 26.1 Å². The summed E-state index contributed by atoms with van der Waals surface area (Å²) in [5.41, 5.74) is 10.8. The second kappa shape index (κ2) is 14.2. The summed E-state index contributed by atoms with van der Waals surface area (Å²) < 4.78 is 0. The lowest BCUT2D eigenvalue weighted by Gasteiger charge is -2.17. The van der Waals surface area contributed by atoms with Gasteiger partial charge in [-0.15, -0.1) is 0 Å². The summed E-state index contributed by atoms with van der Waals surface area (Å²) in [5, 5.41) is 10.5. The van der Waals surface area contributed by atoms with Gasteiger partial charge in [-0.05, 0) is 33.2 Å². The molecule has 10 nitrogen and oxygen atoms in total. The summed E-state index contributed by atoms with van der Waals surface area (Å²) in [6.07, 6.45) is 2.31. The van der Waals surface area contributed by atoms with E-state index in [1.54, 1.807) is 7.05 Å². The lowest BCUT2D eigenvalue weighted by molar-refractivity contribution is -0.129. The molecule has 150 valence electrons. The molecule has 0 heterocycles. The minimum atomic E-state index is -0.865. The number of amides is 3. The normalized spacial score (nSPS) is 12.8. The van der Waals surface area contributed by atoms with Crippen LogP contribution in [0.2, 0.25) is 0 Å². The molecule has 0 aromatic rings. The highest BCUT2D eigenvalue weighted by Crippen LogP contribution is 2.01. The molecule has 0 spiro atoms. The molecule has 0 aromatic heterocycles. The van der Waals surface area contributed by atoms with Gasteiger partial charge in [-0.3, -0.25) is 19.2 Å². The minimum Gasteiger partial charge on any atom is -0.354 e. The summed E-state index contributed by atoms with van der Waals surface area (Å²) in [7, 11) is 1.74. The number of Topliss-reactive ketones (excluding diaryl/α,β-unsaturated/α-hetero) is 1. The van der Waals surface area contributed by atoms with Crippen molar-refractivity contribution >= 4 is 23.5 Å². The highest BCUT2D eigenvalue weighted by molar-refractivity contribution is 5.90. The Bertz CT molecular complexity index is 472. The fourth-order valence-corrected chi connectivity index (χ4v) is 2.23. The number of hydrogen-bond donors (Lipinski definition) is 6. The van der Waals surface area contributed by atoms with Crippen molar-refractivity contribution in [3.05, 3.63) is 0 Å². The molecular weight excluding hydrogens is 340 g/mol. The lowest BCUT2D eigenvalue weighted by Crippen LogP contribution is -2.53. The predicted octanol–water partition coefficient (Wildman–Crippen LogP) is -2.64. The zero-order valence-electron chi connectivity index (χ0n) is 15.6. The van der Waals surface area contributed by atoms with E-state index in [2.05, 4.69) is 21.3 Å². The van der Waals surface area contributed by atoms with Crippen LogP contribution in [0.4, 0.5) is 0 Å². The van der Waals surface area contributed by atoms with Crippen molar-refractivity contribution in [3.63, 3.8) is 0 Å². The molecule has 10 heteroatoms. The fourth-order valence-electron chi connectivity index (χ4n) is 2.23. The lowest BCUT2D eigenvalue weighted by atomic mass is 10.1. The van der Waals surface area contributed by atoms with Gasteiger partial charge in [-0.1, -0.05) is 0 Å². The summed E-state index contributed by atoms with van der Waals surface area (Å²) >= 11 is 0. The summed E-state index contributed by atoms with van der Waals surface area (Å²) in [6, 6.07) is -1.03. The Morgan fingerprint density at radius 2 is 1.65 bits per heavy atom. The van der Waals surface area contributed by atoms with E-state index in [1.807, 2.05) is 0 Å². The largest absolute Gasteiger partial charge is 0.354 e. The SMILES string of the molecule is CNC(CCCCNC(=O)C(CN)NC(=O)CNC(=O)CCN)C(C)=O. The number of rotatable bonds is 14. The molecule has 26 heavy (non-hydrogen) atoms. The summed E-state index contributed by atoms with van der Waals surface area (Å²) in [6.45, 7) is 1.87. The van der Waals surface area contributed by atoms with Crippen molar-refractivity contribution in [3.8, 4) is 0 Å². The molecule has 0 bridgehead atoms. The van der Waals surface area contributed by atoms with Crippen LogP contribution < -0.4 is 32.7 Å². The first-order chi connectivity index (χ1) is 12.3. The maximum Gasteiger partial charge on any atom is 0.243 e. The first-order valence-corrected chi connectivity index (χ1v) is 8.77. The van der Waals surface area contributed by atoms with Gasteiger partial charge < -0.3 is 32.7 Å². The third kappa shape index (κ3) is 10.7. The second-order valence-electron chi connectivity index (χ2n) is 5.91. The Kier molecular flexibility index (Phi) is 13.1. The number of carbonyl (C=O) groups is 4. The molecule has 0 aromatic carbocycles. The summed E-state index contributed by atoms with van der Waals surface area (Å²) in [4.78, 5) is 46.3. The molecule has 0 saturated heterocycles. The van der Waals surface area contributed by atoms with Crippen molar-refractivity contribution in [1.82, 2.24) is 21.3 Å². The standard InChI is InChI=1S/C16H32N6O4/c1-11(23)12(19-2)5-3-4-8-20-16(26)13(9-18)22-15(25)10-21-14(24)6-7-17/h12-13,19H,3-10,17-18H2,1-2H3,(H,20,26)(H,21,24)(H,22,25). The Balaban J connectivity index is 4.07. The van der Waals surface area contributed by atoms with Crippen molar-refractivity contribution < 1.29 is 19.2 Å². The minimum absolute atomic E-state index is 0.0551. The Labute approximate surface area is 154 Å². The zero-order valence-corrected chi connectivity index (χ0v) is 15.6. The maximum absolute atomic E-state index is 12.0. The van der Waals surface area contributed by atoms with Crippen LogP contribution in [0.1, 0.15) is 32.6 Å². The molecule has 3 amide bonds. The number of carbonyl (C=O) groups excluding carboxylic acids is 4. The molecule has 8 N–H and O–H groups in total. The maximum atomic E-state index is 12.0. The van der Waals surface area contributed by atoms with E-state index in [1.165, 1.54) is 6.92 Å². The van der Waals surface area contributed by atoms with Gasteiger partial charge in [-0.2, -0.15) is 0 Å². The van der Waals surface area contributed by atoms with E-state index in [0.717, 1.165) is 6.42 Å². The quantitative estimate of drug-likeness (QED) is 0.181. The average Bonchev–Trinajstić information content (AvgIpc) is 2.60. The number of ketones is 1. The average molecular weight is 372 g/mol. The van der Waals surface area contributed by atoms with Gasteiger partial charge in [0.15, 0.2) is 0 Å². The molecular formula is C16H32N6O4. The van der Waals surface area contributed by atoms with Crippen LogP contribution in [0.5, 0.6) is 0 Å². The van der Waals surface area contributed by atoms with Gasteiger partial charge in [0.25, 0.3) is 0 Å². The highest BCUT2D eigenvalue weighted by Gasteiger charge is 2.19. The molecule has 0 aliphatic rings. The van der Waals surface area contributed by atoms with E-state index in [0.29, 0.717) is 19.4 Å². The van der Waals surface area contributed by atoms with Gasteiger partial charge >= 0.3 is 0 Å². The number of nitrogens with one attached hydrogen (secondary N) is 4. The fraction of sp³-hybridized carbons (Fsp3) is 0.750. The van der Waals surface area contributed by atoms with Gasteiger partial charge in [0.1, 0.15) is 11.8 Å². The van der Waals surface area contributed by atoms with Gasteiger partial charge in [-0.25, -0.2) is 0 Å². The molecule has 2 unspecified atom stereocenters. The van der Waals surface area contributed by atoms with Crippen LogP contribution in [0.15, 0.2) is 0 Å². The van der Waals surface area contributed by atoms with Crippen molar-refractivity contribution in [1.29, 1.82) is 0 Å². The van der Waals surface area contributed by atoms with Gasteiger partial charge in [0.05, 0.1) is 12.6 Å². The van der Waals surface area contributed by atoms with Crippen molar-refractivity contribution in [2.24, 2.45) is 11.5 Å². The van der Waals surface area contributed by atoms with E-state index in [9.17, 15) is 19.2 Å². The smallest absolute Gasteiger partial charge is 0.243 e. The van der Waals surface area contributed by atoms with Crippen LogP contribution >= 0.6 is 0 Å². The molecule has 0 aliphatic carbocycles. The van der Waals surface area contributed by atoms with Crippen LogP contribution in [0, 0.1) is 0 Å². The molecule has 0 rings (SSSR count). The van der Waals surface area contributed by atoms with Crippen molar-refractivity contribution in [2.45, 2.75) is 44.7 Å². The monoisotopic (exact) mass is 372 g/mol. The highest BCUT2D eigenvalue weighted by atomic mass is 16.2. The topological polar surface area (TPSA) is 168 Å². The molecule has 0 saturated carbocycles. The zero-order chi connectivity index (χ0) is 19.9. The van der Waals surface area contributed by atoms with E-state index >= 15 is 0 Å². The van der Waals surface area contributed by atoms with Crippen LogP contribution in [-0.4, -0.2) is 68.8 Å². The Morgan fingerprint density at radius 3 is 2.19 bits per heavy atom. The van der Waals surface area contributed by atoms with Crippen LogP contribution in [0.25, 0.3) is 0 Å². The van der Waals surface area contributed by atoms with Gasteiger partial charge in [0.2, 0.25) is 17.7 Å². The number of hydrogen-bond acceptors (Lipinski definition) is 7. The van der Waals surface area contributed by atoms with Crippen LogP contribution in [-0.2, 0) is 19.2 Å². The first kappa shape index (κ1) is 24.0. The molecule has 0 fully saturated rings. The van der Waals surface area contributed by atoms with Crippen molar-refractivity contribution in [2.75, 3.05) is 33.2 Å². The predicted molar refractivity (Wildman–Crippen MR) is 98.1 cm³/mol. The van der Waals surface area contributed by atoms with E-state index < -0.39 is 11.9 Å². The Morgan fingerprint density at radius 1 is 0.962 bits per heavy atom. The Hall–Kier alpha value is -2.04. The van der Waals surface area contributed by atoms with Crippen LogP contribution in [0.3, 0.4) is 0 Å². The number of likely N-dealkylation sites (N-methyl/N-ethyl adjacent to an activating group) is 1. The number of nitrogens with two attached hydrogens (primary N) is 2. The van der Waals surface area contributed by atoms with E-state index in [-0.39, 0.29) is 49.7 Å². The molecule has 0 radical (unpaired) electrons. The van der Waals surface area contributed by atoms with E-state index in [4.69, 9.17) is 11.5 Å². The first-order valence-electron chi connectivity index (χ1n) is 8.77. The number of unbranched alkanes of at least 4 members (excludes halogenated alkanes) is 1. The molecule has 2 atom stereocenters. The third-order valence-electron chi connectivity index (χ3n) is 3.76. The third-order valence-corrected chi connectivity index (χ3v) is 3.76. The second-order valence-corrected chi connectivity index (χ2v) is 5.91. The summed E-state index contributed by atoms with van der Waals surface area (Å²) in [5.74, 6) is -1.13. The molecule has 0 aliphatic heterocycles.